The Hall–Kier alpha value is -4.74. The molecule has 6 N–H and O–H groups in total. The molecule has 2 amide bonds. The highest BCUT2D eigenvalue weighted by Gasteiger charge is 2.55. The molecule has 6 rings (SSSR count). The number of rotatable bonds is 9. The van der Waals surface area contributed by atoms with Crippen LogP contribution in [0.5, 0.6) is 0 Å². The molecule has 2 atom stereocenters. The Labute approximate surface area is 361 Å². The quantitative estimate of drug-likeness (QED) is 0.0727. The fourth-order valence-corrected chi connectivity index (χ4v) is 8.50. The van der Waals surface area contributed by atoms with Gasteiger partial charge in [0.2, 0.25) is 23.7 Å². The lowest BCUT2D eigenvalue weighted by atomic mass is 9.65. The molecule has 4 aromatic rings. The van der Waals surface area contributed by atoms with Crippen LogP contribution in [0.2, 0.25) is 0 Å². The van der Waals surface area contributed by atoms with Crippen LogP contribution in [0.3, 0.4) is 0 Å². The van der Waals surface area contributed by atoms with Gasteiger partial charge in [0.15, 0.2) is 0 Å². The van der Waals surface area contributed by atoms with Gasteiger partial charge in [0.25, 0.3) is 0 Å². The van der Waals surface area contributed by atoms with Gasteiger partial charge in [0.05, 0.1) is 57.0 Å². The number of nitrogens with zero attached hydrogens (tertiary/aromatic N) is 2. The summed E-state index contributed by atoms with van der Waals surface area (Å²) in [5.41, 5.74) is -2.33. The SMILES string of the molecule is CC(C)(C)[C@H](NC(=O)C(C)(C)C1(O)CCC(F)(F)CC1)c1ncc(-c2ccc(C#Cc3ccc4nc([C@@H](NC(=O)C(C)(C)C5(O)CCC(F)(F)CC5)C(C)(C)C)[nH]c4c3)cc2)[nH]1. The first kappa shape index (κ1) is 46.8. The maximum absolute atomic E-state index is 14.0. The predicted octanol–water partition coefficient (Wildman–Crippen LogP) is 9.69. The monoisotopic (exact) mass is 862 g/mol. The molecule has 0 unspecified atom stereocenters. The van der Waals surface area contributed by atoms with Crippen molar-refractivity contribution in [2.24, 2.45) is 21.7 Å². The molecule has 0 saturated heterocycles. The van der Waals surface area contributed by atoms with Crippen molar-refractivity contribution in [3.05, 3.63) is 71.4 Å². The zero-order chi connectivity index (χ0) is 45.9. The summed E-state index contributed by atoms with van der Waals surface area (Å²) in [6, 6.07) is 12.1. The number of hydrogen-bond donors (Lipinski definition) is 6. The summed E-state index contributed by atoms with van der Waals surface area (Å²) in [7, 11) is 0. The third-order valence-corrected chi connectivity index (χ3v) is 13.6. The number of hydrogen-bond acceptors (Lipinski definition) is 6. The summed E-state index contributed by atoms with van der Waals surface area (Å²) in [5, 5.41) is 28.9. The lowest BCUT2D eigenvalue weighted by molar-refractivity contribution is -0.169. The molecule has 0 bridgehead atoms. The smallest absolute Gasteiger partial charge is 0.248 e. The predicted molar refractivity (Wildman–Crippen MR) is 231 cm³/mol. The van der Waals surface area contributed by atoms with E-state index in [0.717, 1.165) is 27.9 Å². The number of fused-ring (bicyclic) bond motifs is 1. The Bertz CT molecular complexity index is 2340. The van der Waals surface area contributed by atoms with Gasteiger partial charge < -0.3 is 30.8 Å². The van der Waals surface area contributed by atoms with E-state index in [9.17, 15) is 37.4 Å². The standard InChI is InChI=1S/C48H62F4N6O4/c1-41(2,3)35(57-39(59)43(7,8)45(61)19-23-47(49,50)24-20-45)37-53-28-34(56-37)31-16-13-29(14-17-31)11-12-30-15-18-32-33(27-30)55-38(54-32)36(42(4,5)6)58-40(60)44(9,10)46(62)21-25-48(51,52)26-22-46/h13-18,27-28,35-36,61-62H,19-26H2,1-10H3,(H,53,56)(H,54,55)(H,57,59)(H,58,60)/t35-,36-/m1/s1. The van der Waals surface area contributed by atoms with E-state index in [0.29, 0.717) is 17.2 Å². The summed E-state index contributed by atoms with van der Waals surface area (Å²) >= 11 is 0. The lowest BCUT2D eigenvalue weighted by Gasteiger charge is -2.46. The maximum atomic E-state index is 14.0. The van der Waals surface area contributed by atoms with Crippen molar-refractivity contribution >= 4 is 22.8 Å². The minimum absolute atomic E-state index is 0.169. The Morgan fingerprint density at radius 2 is 1.08 bits per heavy atom. The number of imidazole rings is 2. The number of aliphatic hydroxyl groups is 2. The highest BCUT2D eigenvalue weighted by Crippen LogP contribution is 2.49. The number of H-pyrrole nitrogens is 2. The molecule has 14 heteroatoms. The zero-order valence-corrected chi connectivity index (χ0v) is 37.5. The normalized spacial score (nSPS) is 19.8. The first-order chi connectivity index (χ1) is 28.5. The van der Waals surface area contributed by atoms with Crippen molar-refractivity contribution in [1.82, 2.24) is 30.6 Å². The van der Waals surface area contributed by atoms with Crippen molar-refractivity contribution < 1.29 is 37.4 Å². The molecule has 62 heavy (non-hydrogen) atoms. The van der Waals surface area contributed by atoms with Crippen LogP contribution >= 0.6 is 0 Å². The van der Waals surface area contributed by atoms with Crippen LogP contribution in [0, 0.1) is 33.5 Å². The summed E-state index contributed by atoms with van der Waals surface area (Å²) in [6.45, 7) is 18.2. The van der Waals surface area contributed by atoms with Gasteiger partial charge in [0, 0.05) is 36.8 Å². The molecule has 0 radical (unpaired) electrons. The first-order valence-electron chi connectivity index (χ1n) is 21.4. The van der Waals surface area contributed by atoms with Crippen molar-refractivity contribution in [1.29, 1.82) is 0 Å². The molecular weight excluding hydrogens is 801 g/mol. The van der Waals surface area contributed by atoms with Crippen molar-refractivity contribution in [2.75, 3.05) is 0 Å². The first-order valence-corrected chi connectivity index (χ1v) is 21.4. The number of aromatic nitrogens is 4. The lowest BCUT2D eigenvalue weighted by Crippen LogP contribution is -2.57. The fourth-order valence-electron chi connectivity index (χ4n) is 8.50. The molecule has 0 aliphatic heterocycles. The second kappa shape index (κ2) is 16.1. The minimum atomic E-state index is -2.85. The Balaban J connectivity index is 1.14. The number of alkyl halides is 4. The van der Waals surface area contributed by atoms with E-state index < -0.39 is 94.3 Å². The molecule has 10 nitrogen and oxygen atoms in total. The molecule has 2 saturated carbocycles. The van der Waals surface area contributed by atoms with Gasteiger partial charge in [0.1, 0.15) is 11.6 Å². The van der Waals surface area contributed by atoms with Gasteiger partial charge in [-0.1, -0.05) is 65.5 Å². The van der Waals surface area contributed by atoms with Crippen molar-refractivity contribution in [3.8, 4) is 23.1 Å². The van der Waals surface area contributed by atoms with Crippen LogP contribution in [0.1, 0.15) is 155 Å². The topological polar surface area (TPSA) is 156 Å². The van der Waals surface area contributed by atoms with Crippen molar-refractivity contribution in [2.45, 2.75) is 156 Å². The van der Waals surface area contributed by atoms with Gasteiger partial charge in [-0.25, -0.2) is 27.5 Å². The van der Waals surface area contributed by atoms with E-state index in [2.05, 4.69) is 37.4 Å². The molecule has 336 valence electrons. The number of aromatic amines is 2. The van der Waals surface area contributed by atoms with Crippen molar-refractivity contribution in [3.63, 3.8) is 0 Å². The zero-order valence-electron chi connectivity index (χ0n) is 37.5. The van der Waals surface area contributed by atoms with Gasteiger partial charge in [-0.3, -0.25) is 9.59 Å². The average molecular weight is 863 g/mol. The van der Waals surface area contributed by atoms with Crippen LogP contribution in [0.4, 0.5) is 17.6 Å². The van der Waals surface area contributed by atoms with Gasteiger partial charge >= 0.3 is 0 Å². The van der Waals surface area contributed by atoms with E-state index >= 15 is 0 Å². The highest BCUT2D eigenvalue weighted by atomic mass is 19.3. The maximum Gasteiger partial charge on any atom is 0.248 e. The Morgan fingerprint density at radius 1 is 0.645 bits per heavy atom. The summed E-state index contributed by atoms with van der Waals surface area (Å²) < 4.78 is 55.8. The third kappa shape index (κ3) is 9.59. The summed E-state index contributed by atoms with van der Waals surface area (Å²) in [5.74, 6) is 0.890. The number of amides is 2. The Morgan fingerprint density at radius 3 is 1.55 bits per heavy atom. The van der Waals surface area contributed by atoms with Crippen LogP contribution in [0.25, 0.3) is 22.3 Å². The van der Waals surface area contributed by atoms with E-state index in [1.54, 1.807) is 33.9 Å². The number of nitrogens with one attached hydrogen (secondary N) is 4. The molecule has 0 spiro atoms. The molecule has 2 fully saturated rings. The van der Waals surface area contributed by atoms with Gasteiger partial charge in [-0.05, 0) is 100 Å². The van der Waals surface area contributed by atoms with Gasteiger partial charge in [-0.15, -0.1) is 0 Å². The minimum Gasteiger partial charge on any atom is -0.389 e. The highest BCUT2D eigenvalue weighted by molar-refractivity contribution is 5.84. The number of halogens is 4. The van der Waals surface area contributed by atoms with E-state index in [-0.39, 0.29) is 25.7 Å². The van der Waals surface area contributed by atoms with Crippen LogP contribution in [-0.4, -0.2) is 65.0 Å². The second-order valence-electron chi connectivity index (χ2n) is 20.9. The van der Waals surface area contributed by atoms with Crippen LogP contribution in [-0.2, 0) is 9.59 Å². The Kier molecular flexibility index (Phi) is 12.2. The number of carbonyl (C=O) groups is 2. The third-order valence-electron chi connectivity index (χ3n) is 13.6. The van der Waals surface area contributed by atoms with Crippen LogP contribution < -0.4 is 10.6 Å². The number of benzene rings is 2. The molecule has 2 aliphatic carbocycles. The molecule has 2 aromatic heterocycles. The fraction of sp³-hybridized carbons (Fsp3) is 0.583. The van der Waals surface area contributed by atoms with Crippen LogP contribution in [0.15, 0.2) is 48.7 Å². The molecule has 2 aliphatic rings. The largest absolute Gasteiger partial charge is 0.389 e. The van der Waals surface area contributed by atoms with E-state index in [4.69, 9.17) is 4.98 Å². The second-order valence-corrected chi connectivity index (χ2v) is 20.9. The molecule has 2 heterocycles. The van der Waals surface area contributed by atoms with E-state index in [1.165, 1.54) is 0 Å². The molecule has 2 aromatic carbocycles. The average Bonchev–Trinajstić information content (AvgIpc) is 3.84. The van der Waals surface area contributed by atoms with E-state index in [1.807, 2.05) is 84.0 Å². The molecular formula is C48H62F4N6O4. The number of carbonyl (C=O) groups excluding carboxylic acids is 2. The van der Waals surface area contributed by atoms with Gasteiger partial charge in [-0.2, -0.15) is 0 Å². The summed E-state index contributed by atoms with van der Waals surface area (Å²) in [4.78, 5) is 43.7. The summed E-state index contributed by atoms with van der Waals surface area (Å²) in [6.07, 6.45) is -0.864.